The van der Waals surface area contributed by atoms with Gasteiger partial charge in [0.2, 0.25) is 0 Å². The van der Waals surface area contributed by atoms with E-state index < -0.39 is 0 Å². The van der Waals surface area contributed by atoms with Crippen LogP contribution in [-0.4, -0.2) is 14.8 Å². The summed E-state index contributed by atoms with van der Waals surface area (Å²) in [5.74, 6) is 1.64. The summed E-state index contributed by atoms with van der Waals surface area (Å²) < 4.78 is 7.15. The smallest absolute Gasteiger partial charge is 0.141 e. The Morgan fingerprint density at radius 2 is 1.81 bits per heavy atom. The third kappa shape index (κ3) is 2.07. The van der Waals surface area contributed by atoms with Crippen LogP contribution in [0.15, 0.2) is 35.0 Å². The fraction of sp³-hybridized carbons (Fsp3) is 0.188. The molecule has 5 heteroatoms. The highest BCUT2D eigenvalue weighted by atomic mass is 16.5. The summed E-state index contributed by atoms with van der Waals surface area (Å²) in [5.41, 5.74) is 10.9. The van der Waals surface area contributed by atoms with Crippen LogP contribution >= 0.6 is 0 Å². The van der Waals surface area contributed by atoms with Crippen molar-refractivity contribution < 1.29 is 9.63 Å². The molecule has 2 heterocycles. The summed E-state index contributed by atoms with van der Waals surface area (Å²) >= 11 is 0. The number of hydrogen-bond acceptors (Lipinski definition) is 4. The lowest BCUT2D eigenvalue weighted by Gasteiger charge is -2.06. The third-order valence-electron chi connectivity index (χ3n) is 3.69. The van der Waals surface area contributed by atoms with Gasteiger partial charge in [-0.3, -0.25) is 0 Å². The highest BCUT2D eigenvalue weighted by Gasteiger charge is 2.21. The fourth-order valence-electron chi connectivity index (χ4n) is 2.60. The van der Waals surface area contributed by atoms with Crippen LogP contribution in [0.2, 0.25) is 0 Å². The van der Waals surface area contributed by atoms with Crippen molar-refractivity contribution in [3.8, 4) is 28.0 Å². The zero-order chi connectivity index (χ0) is 15.1. The topological polar surface area (TPSA) is 77.2 Å². The van der Waals surface area contributed by atoms with Gasteiger partial charge in [0.25, 0.3) is 0 Å². The Bertz CT molecular complexity index is 778. The number of phenolic OH excluding ortho intramolecular Hbond substituents is 1. The molecule has 0 bridgehead atoms. The number of aryl methyl sites for hydroxylation is 3. The van der Waals surface area contributed by atoms with E-state index >= 15 is 0 Å². The molecule has 0 atom stereocenters. The zero-order valence-electron chi connectivity index (χ0n) is 12.2. The van der Waals surface area contributed by atoms with Gasteiger partial charge >= 0.3 is 0 Å². The molecule has 2 aromatic heterocycles. The minimum absolute atomic E-state index is 0.238. The van der Waals surface area contributed by atoms with Crippen molar-refractivity contribution in [2.24, 2.45) is 7.05 Å². The highest BCUT2D eigenvalue weighted by Crippen LogP contribution is 2.41. The number of rotatable bonds is 2. The van der Waals surface area contributed by atoms with Crippen LogP contribution in [0.5, 0.6) is 5.75 Å². The Morgan fingerprint density at radius 3 is 2.38 bits per heavy atom. The van der Waals surface area contributed by atoms with Gasteiger partial charge in [-0.05, 0) is 31.5 Å². The van der Waals surface area contributed by atoms with Crippen molar-refractivity contribution in [1.29, 1.82) is 0 Å². The lowest BCUT2D eigenvalue weighted by atomic mass is 9.97. The van der Waals surface area contributed by atoms with Gasteiger partial charge in [-0.1, -0.05) is 17.3 Å². The van der Waals surface area contributed by atoms with E-state index in [1.54, 1.807) is 12.1 Å². The maximum absolute atomic E-state index is 9.45. The number of nitrogens with zero attached hydrogens (tertiary/aromatic N) is 2. The van der Waals surface area contributed by atoms with Crippen LogP contribution in [0.3, 0.4) is 0 Å². The molecule has 0 unspecified atom stereocenters. The van der Waals surface area contributed by atoms with E-state index in [0.29, 0.717) is 5.82 Å². The standard InChI is InChI=1S/C16H17N3O2/c1-9-14(10(2)21-18-9)15-13(8-19(3)16(15)17)11-4-6-12(20)7-5-11/h4-8,20H,17H2,1-3H3. The van der Waals surface area contributed by atoms with Crippen molar-refractivity contribution in [2.75, 3.05) is 5.73 Å². The SMILES string of the molecule is Cc1noc(C)c1-c1c(-c2ccc(O)cc2)cn(C)c1N. The second-order valence-electron chi connectivity index (χ2n) is 5.16. The van der Waals surface area contributed by atoms with Crippen LogP contribution in [0.25, 0.3) is 22.3 Å². The molecular formula is C16H17N3O2. The minimum atomic E-state index is 0.238. The van der Waals surface area contributed by atoms with Crippen LogP contribution in [0, 0.1) is 13.8 Å². The van der Waals surface area contributed by atoms with E-state index in [4.69, 9.17) is 10.3 Å². The second kappa shape index (κ2) is 4.70. The van der Waals surface area contributed by atoms with E-state index in [9.17, 15) is 5.11 Å². The van der Waals surface area contributed by atoms with Gasteiger partial charge < -0.3 is 19.9 Å². The highest BCUT2D eigenvalue weighted by molar-refractivity contribution is 5.92. The molecule has 0 saturated carbocycles. The molecule has 0 aliphatic heterocycles. The maximum Gasteiger partial charge on any atom is 0.141 e. The van der Waals surface area contributed by atoms with Crippen LogP contribution in [0.4, 0.5) is 5.82 Å². The lowest BCUT2D eigenvalue weighted by molar-refractivity contribution is 0.393. The number of aromatic hydroxyl groups is 1. The van der Waals surface area contributed by atoms with Crippen molar-refractivity contribution in [2.45, 2.75) is 13.8 Å². The molecule has 0 aliphatic carbocycles. The first-order valence-electron chi connectivity index (χ1n) is 6.66. The van der Waals surface area contributed by atoms with Gasteiger partial charge in [0.15, 0.2) is 0 Å². The summed E-state index contributed by atoms with van der Waals surface area (Å²) in [6.45, 7) is 3.78. The molecule has 3 rings (SSSR count). The molecule has 0 saturated heterocycles. The number of nitrogen functional groups attached to an aromatic ring is 1. The molecule has 3 aromatic rings. The van der Waals surface area contributed by atoms with Crippen LogP contribution in [-0.2, 0) is 7.05 Å². The van der Waals surface area contributed by atoms with E-state index in [1.807, 2.05) is 43.8 Å². The van der Waals surface area contributed by atoms with Crippen LogP contribution in [0.1, 0.15) is 11.5 Å². The van der Waals surface area contributed by atoms with Gasteiger partial charge in [0, 0.05) is 24.4 Å². The largest absolute Gasteiger partial charge is 0.508 e. The first kappa shape index (κ1) is 13.3. The number of benzene rings is 1. The predicted octanol–water partition coefficient (Wildman–Crippen LogP) is 3.25. The third-order valence-corrected chi connectivity index (χ3v) is 3.69. The molecule has 21 heavy (non-hydrogen) atoms. The molecule has 0 aliphatic rings. The van der Waals surface area contributed by atoms with E-state index in [2.05, 4.69) is 5.16 Å². The Labute approximate surface area is 122 Å². The first-order chi connectivity index (χ1) is 9.99. The number of nitrogens with two attached hydrogens (primary N) is 1. The predicted molar refractivity (Wildman–Crippen MR) is 81.9 cm³/mol. The van der Waals surface area contributed by atoms with E-state index in [0.717, 1.165) is 33.7 Å². The van der Waals surface area contributed by atoms with E-state index in [-0.39, 0.29) is 5.75 Å². The number of aromatic nitrogens is 2. The quantitative estimate of drug-likeness (QED) is 0.756. The Kier molecular flexibility index (Phi) is 2.97. The fourth-order valence-corrected chi connectivity index (χ4v) is 2.60. The Hall–Kier alpha value is -2.69. The summed E-state index contributed by atoms with van der Waals surface area (Å²) in [7, 11) is 1.90. The van der Waals surface area contributed by atoms with Crippen molar-refractivity contribution >= 4 is 5.82 Å². The molecule has 0 radical (unpaired) electrons. The minimum Gasteiger partial charge on any atom is -0.508 e. The number of hydrogen-bond donors (Lipinski definition) is 2. The van der Waals surface area contributed by atoms with Gasteiger partial charge in [-0.15, -0.1) is 0 Å². The second-order valence-corrected chi connectivity index (χ2v) is 5.16. The molecule has 0 fully saturated rings. The molecular weight excluding hydrogens is 266 g/mol. The first-order valence-corrected chi connectivity index (χ1v) is 6.66. The van der Waals surface area contributed by atoms with Gasteiger partial charge in [0.05, 0.1) is 11.3 Å². The number of phenols is 1. The van der Waals surface area contributed by atoms with Gasteiger partial charge in [0.1, 0.15) is 17.3 Å². The average Bonchev–Trinajstić information content (AvgIpc) is 2.92. The van der Waals surface area contributed by atoms with Gasteiger partial charge in [-0.2, -0.15) is 0 Å². The maximum atomic E-state index is 9.45. The molecule has 0 amide bonds. The zero-order valence-corrected chi connectivity index (χ0v) is 12.2. The van der Waals surface area contributed by atoms with Crippen molar-refractivity contribution in [3.05, 3.63) is 41.9 Å². The Morgan fingerprint density at radius 1 is 1.14 bits per heavy atom. The summed E-state index contributed by atoms with van der Waals surface area (Å²) in [6.07, 6.45) is 1.98. The Balaban J connectivity index is 2.28. The molecule has 5 nitrogen and oxygen atoms in total. The number of anilines is 1. The summed E-state index contributed by atoms with van der Waals surface area (Å²) in [6, 6.07) is 7.06. The van der Waals surface area contributed by atoms with Crippen molar-refractivity contribution in [3.63, 3.8) is 0 Å². The van der Waals surface area contributed by atoms with Crippen molar-refractivity contribution in [1.82, 2.24) is 9.72 Å². The van der Waals surface area contributed by atoms with E-state index in [1.165, 1.54) is 0 Å². The lowest BCUT2D eigenvalue weighted by Crippen LogP contribution is -1.96. The molecule has 0 spiro atoms. The average molecular weight is 283 g/mol. The van der Waals surface area contributed by atoms with Gasteiger partial charge in [-0.25, -0.2) is 0 Å². The van der Waals surface area contributed by atoms with Crippen LogP contribution < -0.4 is 5.73 Å². The normalized spacial score (nSPS) is 11.0. The summed E-state index contributed by atoms with van der Waals surface area (Å²) in [4.78, 5) is 0. The monoisotopic (exact) mass is 283 g/mol. The molecule has 3 N–H and O–H groups in total. The summed E-state index contributed by atoms with van der Waals surface area (Å²) in [5, 5.41) is 13.5. The molecule has 108 valence electrons. The molecule has 1 aromatic carbocycles.